The van der Waals surface area contributed by atoms with Gasteiger partial charge in [-0.05, 0) is 222 Å². The minimum atomic E-state index is -0.0663. The molecule has 20 aromatic rings. The normalized spacial score (nSPS) is 13.5. The van der Waals surface area contributed by atoms with Crippen molar-refractivity contribution < 1.29 is 0 Å². The molecule has 0 spiro atoms. The van der Waals surface area contributed by atoms with E-state index in [0.29, 0.717) is 0 Å². The number of hydrogen-bond donors (Lipinski definition) is 0. The van der Waals surface area contributed by atoms with Gasteiger partial charge in [-0.2, -0.15) is 0 Å². The summed E-state index contributed by atoms with van der Waals surface area (Å²) in [4.78, 5) is 0. The van der Waals surface area contributed by atoms with Gasteiger partial charge in [0.1, 0.15) is 0 Å². The summed E-state index contributed by atoms with van der Waals surface area (Å²) in [5.74, 6) is 0. The molecule has 0 N–H and O–H groups in total. The maximum absolute atomic E-state index is 2.48. The molecule has 0 amide bonds. The third-order valence-corrected chi connectivity index (χ3v) is 23.0. The molecular formula is C98H68N4. The molecule has 16 aromatic carbocycles. The topological polar surface area (TPSA) is 19.7 Å². The second-order valence-electron chi connectivity index (χ2n) is 29.2. The minimum absolute atomic E-state index is 0.0648. The molecule has 2 aliphatic rings. The number of nitrogens with zero attached hydrogens (tertiary/aromatic N) is 4. The van der Waals surface area contributed by atoms with Gasteiger partial charge in [-0.3, -0.25) is 0 Å². The smallest absolute Gasteiger partial charge is 0.0547 e. The van der Waals surface area contributed by atoms with Crippen molar-refractivity contribution in [2.45, 2.75) is 38.5 Å². The molecule has 480 valence electrons. The largest absolute Gasteiger partial charge is 0.309 e. The van der Waals surface area contributed by atoms with Crippen LogP contribution in [0.5, 0.6) is 0 Å². The van der Waals surface area contributed by atoms with Gasteiger partial charge in [0, 0.05) is 76.7 Å². The summed E-state index contributed by atoms with van der Waals surface area (Å²) in [6.07, 6.45) is 0. The summed E-state index contributed by atoms with van der Waals surface area (Å²) < 4.78 is 9.73. The third-order valence-electron chi connectivity index (χ3n) is 23.0. The van der Waals surface area contributed by atoms with Crippen molar-refractivity contribution in [3.63, 3.8) is 0 Å². The van der Waals surface area contributed by atoms with E-state index in [2.05, 4.69) is 386 Å². The van der Waals surface area contributed by atoms with Gasteiger partial charge in [0.2, 0.25) is 0 Å². The Morgan fingerprint density at radius 1 is 0.176 bits per heavy atom. The van der Waals surface area contributed by atoms with Crippen molar-refractivity contribution in [1.29, 1.82) is 0 Å². The van der Waals surface area contributed by atoms with Crippen LogP contribution < -0.4 is 0 Å². The molecule has 0 atom stereocenters. The summed E-state index contributed by atoms with van der Waals surface area (Å²) in [5, 5.41) is 15.2. The molecule has 4 aromatic heterocycles. The van der Waals surface area contributed by atoms with E-state index in [4.69, 9.17) is 0 Å². The molecule has 0 unspecified atom stereocenters. The first kappa shape index (κ1) is 58.2. The van der Waals surface area contributed by atoms with Gasteiger partial charge >= 0.3 is 0 Å². The fourth-order valence-electron chi connectivity index (χ4n) is 18.0. The van der Waals surface area contributed by atoms with Crippen LogP contribution >= 0.6 is 0 Å². The Kier molecular flexibility index (Phi) is 12.5. The van der Waals surface area contributed by atoms with E-state index in [9.17, 15) is 0 Å². The molecule has 0 fully saturated rings. The van der Waals surface area contributed by atoms with E-state index in [1.807, 2.05) is 0 Å². The van der Waals surface area contributed by atoms with Gasteiger partial charge in [0.05, 0.1) is 44.1 Å². The highest BCUT2D eigenvalue weighted by molar-refractivity contribution is 6.17. The van der Waals surface area contributed by atoms with E-state index in [1.165, 1.54) is 198 Å². The predicted molar refractivity (Wildman–Crippen MR) is 431 cm³/mol. The van der Waals surface area contributed by atoms with E-state index in [1.54, 1.807) is 0 Å². The molecular weight excluding hydrogens is 1230 g/mol. The summed E-state index contributed by atoms with van der Waals surface area (Å²) in [5.41, 5.74) is 30.3. The average molecular weight is 1300 g/mol. The molecule has 22 rings (SSSR count). The van der Waals surface area contributed by atoms with E-state index in [-0.39, 0.29) is 10.8 Å². The zero-order valence-electron chi connectivity index (χ0n) is 57.1. The van der Waals surface area contributed by atoms with Crippen molar-refractivity contribution in [2.24, 2.45) is 0 Å². The van der Waals surface area contributed by atoms with E-state index < -0.39 is 0 Å². The minimum Gasteiger partial charge on any atom is -0.309 e. The highest BCUT2D eigenvalue weighted by atomic mass is 15.0. The quantitative estimate of drug-likeness (QED) is 0.158. The first-order chi connectivity index (χ1) is 50.1. The Bertz CT molecular complexity index is 6920. The van der Waals surface area contributed by atoms with Crippen LogP contribution in [0.25, 0.3) is 176 Å². The lowest BCUT2D eigenvalue weighted by atomic mass is 9.82. The van der Waals surface area contributed by atoms with Crippen molar-refractivity contribution in [3.8, 4) is 67.3 Å². The number of benzene rings is 16. The number of rotatable bonds is 6. The molecule has 4 nitrogen and oxygen atoms in total. The van der Waals surface area contributed by atoms with Crippen LogP contribution in [-0.2, 0) is 10.8 Å². The van der Waals surface area contributed by atoms with Crippen molar-refractivity contribution in [2.75, 3.05) is 0 Å². The summed E-state index contributed by atoms with van der Waals surface area (Å²) in [7, 11) is 0. The molecule has 4 heterocycles. The van der Waals surface area contributed by atoms with Crippen molar-refractivity contribution >= 4 is 109 Å². The predicted octanol–water partition coefficient (Wildman–Crippen LogP) is 26.0. The fraction of sp³-hybridized carbons (Fsp3) is 0.0612. The molecule has 4 heteroatoms. The van der Waals surface area contributed by atoms with Gasteiger partial charge in [0.25, 0.3) is 0 Å². The van der Waals surface area contributed by atoms with Crippen LogP contribution in [0.3, 0.4) is 0 Å². The number of hydrogen-bond acceptors (Lipinski definition) is 0. The summed E-state index contributed by atoms with van der Waals surface area (Å²) >= 11 is 0. The first-order valence-electron chi connectivity index (χ1n) is 35.7. The molecule has 102 heavy (non-hydrogen) atoms. The van der Waals surface area contributed by atoms with Crippen molar-refractivity contribution in [1.82, 2.24) is 18.3 Å². The van der Waals surface area contributed by atoms with Crippen molar-refractivity contribution in [3.05, 3.63) is 362 Å². The monoisotopic (exact) mass is 1300 g/mol. The maximum Gasteiger partial charge on any atom is 0.0547 e. The maximum atomic E-state index is 2.48. The van der Waals surface area contributed by atoms with Gasteiger partial charge in [-0.15, -0.1) is 0 Å². The van der Waals surface area contributed by atoms with Crippen LogP contribution in [-0.4, -0.2) is 18.3 Å². The molecule has 0 saturated heterocycles. The van der Waals surface area contributed by atoms with Crippen LogP contribution in [0, 0.1) is 0 Å². The SMILES string of the molecule is CC1(C)c2ccccc2-c2cc3c(cc21)c1cc(-c2ccc4c(c2)c2ccccc2n4-c2ccc4ccccc4c2)ccc1n3-c1ccccc1.CC1(C)c2ccccc2-c2cc3c4cc(-c5ccc6c(c5)c5ccccc5n6-c5ccc6ccccc6c5)ccc4n(-c4ccccc4)c3cc21. The molecule has 0 bridgehead atoms. The number of fused-ring (bicyclic) bond motifs is 20. The molecule has 2 aliphatic carbocycles. The molecule has 0 saturated carbocycles. The van der Waals surface area contributed by atoms with E-state index in [0.717, 1.165) is 0 Å². The lowest BCUT2D eigenvalue weighted by molar-refractivity contribution is 0.661. The third kappa shape index (κ3) is 8.56. The second-order valence-corrected chi connectivity index (χ2v) is 29.2. The standard InChI is InChI=1S/2C49H34N2/c1-49(2)43-18-10-8-16-37(43)39-30-48-42(29-44(39)49)41-28-34(22-25-47(41)50(48)35-14-4-3-5-15-35)33-21-24-46-40(27-33)38-17-9-11-19-45(38)51(46)36-23-20-31-12-6-7-13-32(31)26-36;1-49(2)43-18-10-8-16-37(43)39-29-42-41-28-34(22-25-47(41)50(48(42)30-44(39)49)35-14-4-3-5-15-35)33-21-24-46-40(27-33)38-17-9-11-19-45(38)51(46)36-23-20-31-12-6-7-13-32(31)26-36/h2*3-30H,1-2H3. The first-order valence-corrected chi connectivity index (χ1v) is 35.7. The Hall–Kier alpha value is -12.8. The van der Waals surface area contributed by atoms with Gasteiger partial charge in [-0.1, -0.05) is 234 Å². The summed E-state index contributed by atoms with van der Waals surface area (Å²) in [6, 6.07) is 126. The lowest BCUT2D eigenvalue weighted by Gasteiger charge is -2.21. The molecule has 0 radical (unpaired) electrons. The summed E-state index contributed by atoms with van der Waals surface area (Å²) in [6.45, 7) is 9.47. The number of aromatic nitrogens is 4. The highest BCUT2D eigenvalue weighted by Crippen LogP contribution is 2.54. The van der Waals surface area contributed by atoms with Crippen LogP contribution in [0.15, 0.2) is 340 Å². The molecule has 0 aliphatic heterocycles. The van der Waals surface area contributed by atoms with Crippen LogP contribution in [0.4, 0.5) is 0 Å². The Morgan fingerprint density at radius 3 is 0.961 bits per heavy atom. The Balaban J connectivity index is 0.000000133. The average Bonchev–Trinajstić information content (AvgIpc) is 1.55. The van der Waals surface area contributed by atoms with Crippen LogP contribution in [0.1, 0.15) is 49.9 Å². The van der Waals surface area contributed by atoms with E-state index >= 15 is 0 Å². The Morgan fingerprint density at radius 2 is 0.500 bits per heavy atom. The lowest BCUT2D eigenvalue weighted by Crippen LogP contribution is -2.14. The Labute approximate surface area is 591 Å². The fourth-order valence-corrected chi connectivity index (χ4v) is 18.0. The second kappa shape index (κ2) is 21.9. The zero-order valence-corrected chi connectivity index (χ0v) is 57.1. The van der Waals surface area contributed by atoms with Gasteiger partial charge < -0.3 is 18.3 Å². The van der Waals surface area contributed by atoms with Gasteiger partial charge in [0.15, 0.2) is 0 Å². The van der Waals surface area contributed by atoms with Crippen LogP contribution in [0.2, 0.25) is 0 Å². The van der Waals surface area contributed by atoms with Gasteiger partial charge in [-0.25, -0.2) is 0 Å². The number of para-hydroxylation sites is 4. The zero-order chi connectivity index (χ0) is 67.7. The highest BCUT2D eigenvalue weighted by Gasteiger charge is 2.38.